The smallest absolute Gasteiger partial charge is 0.335 e. The summed E-state index contributed by atoms with van der Waals surface area (Å²) >= 11 is 0. The standard InChI is InChI=1S/C11H13NO4/c1-2-16-11(15)10(14)7-9(13)8-5-3-4-6-12-8/h3-6,10,14H,2,7H2,1H3. The summed E-state index contributed by atoms with van der Waals surface area (Å²) in [6.45, 7) is 1.80. The van der Waals surface area contributed by atoms with Gasteiger partial charge in [0.25, 0.3) is 0 Å². The molecule has 0 saturated carbocycles. The van der Waals surface area contributed by atoms with Crippen molar-refractivity contribution in [2.24, 2.45) is 0 Å². The van der Waals surface area contributed by atoms with Crippen LogP contribution in [0.5, 0.6) is 0 Å². The van der Waals surface area contributed by atoms with Crippen LogP contribution in [-0.4, -0.2) is 34.6 Å². The molecule has 16 heavy (non-hydrogen) atoms. The summed E-state index contributed by atoms with van der Waals surface area (Å²) in [4.78, 5) is 26.4. The van der Waals surface area contributed by atoms with Gasteiger partial charge in [0.1, 0.15) is 5.69 Å². The number of hydrogen-bond acceptors (Lipinski definition) is 5. The van der Waals surface area contributed by atoms with Crippen LogP contribution in [0, 0.1) is 0 Å². The first kappa shape index (κ1) is 12.3. The number of pyridine rings is 1. The zero-order valence-corrected chi connectivity index (χ0v) is 8.92. The number of Topliss-reactive ketones (excluding diaryl/α,β-unsaturated/α-hetero) is 1. The molecule has 5 heteroatoms. The highest BCUT2D eigenvalue weighted by atomic mass is 16.5. The van der Waals surface area contributed by atoms with E-state index in [0.29, 0.717) is 0 Å². The summed E-state index contributed by atoms with van der Waals surface area (Å²) < 4.78 is 4.58. The molecule has 1 atom stereocenters. The van der Waals surface area contributed by atoms with Crippen LogP contribution in [0.4, 0.5) is 0 Å². The summed E-state index contributed by atoms with van der Waals surface area (Å²) in [7, 11) is 0. The lowest BCUT2D eigenvalue weighted by atomic mass is 10.1. The van der Waals surface area contributed by atoms with Gasteiger partial charge in [-0.3, -0.25) is 9.78 Å². The van der Waals surface area contributed by atoms with E-state index in [9.17, 15) is 14.7 Å². The van der Waals surface area contributed by atoms with Crippen molar-refractivity contribution in [2.75, 3.05) is 6.61 Å². The lowest BCUT2D eigenvalue weighted by molar-refractivity contribution is -0.152. The maximum absolute atomic E-state index is 11.5. The van der Waals surface area contributed by atoms with Crippen molar-refractivity contribution < 1.29 is 19.4 Å². The number of carbonyl (C=O) groups excluding carboxylic acids is 2. The largest absolute Gasteiger partial charge is 0.464 e. The summed E-state index contributed by atoms with van der Waals surface area (Å²) in [6, 6.07) is 4.87. The second-order valence-corrected chi connectivity index (χ2v) is 3.11. The Morgan fingerprint density at radius 3 is 2.81 bits per heavy atom. The van der Waals surface area contributed by atoms with E-state index in [2.05, 4.69) is 9.72 Å². The zero-order chi connectivity index (χ0) is 12.0. The molecule has 0 bridgehead atoms. The number of aliphatic hydroxyl groups excluding tert-OH is 1. The van der Waals surface area contributed by atoms with Gasteiger partial charge in [0, 0.05) is 12.6 Å². The average Bonchev–Trinajstić information content (AvgIpc) is 2.30. The Labute approximate surface area is 93.1 Å². The van der Waals surface area contributed by atoms with Crippen molar-refractivity contribution in [3.8, 4) is 0 Å². The highest BCUT2D eigenvalue weighted by Gasteiger charge is 2.21. The SMILES string of the molecule is CCOC(=O)C(O)CC(=O)c1ccccn1. The predicted octanol–water partition coefficient (Wildman–Crippen LogP) is 0.578. The van der Waals surface area contributed by atoms with Crippen LogP contribution in [0.15, 0.2) is 24.4 Å². The van der Waals surface area contributed by atoms with E-state index in [1.54, 1.807) is 19.1 Å². The maximum atomic E-state index is 11.5. The lowest BCUT2D eigenvalue weighted by Crippen LogP contribution is -2.26. The van der Waals surface area contributed by atoms with Crippen LogP contribution in [0.2, 0.25) is 0 Å². The third kappa shape index (κ3) is 3.43. The minimum Gasteiger partial charge on any atom is -0.464 e. The van der Waals surface area contributed by atoms with Gasteiger partial charge in [-0.1, -0.05) is 6.07 Å². The van der Waals surface area contributed by atoms with Crippen molar-refractivity contribution in [1.82, 2.24) is 4.98 Å². The van der Waals surface area contributed by atoms with Gasteiger partial charge in [-0.2, -0.15) is 0 Å². The predicted molar refractivity (Wildman–Crippen MR) is 55.8 cm³/mol. The Morgan fingerprint density at radius 2 is 2.25 bits per heavy atom. The Morgan fingerprint density at radius 1 is 1.50 bits per heavy atom. The Bertz CT molecular complexity index is 364. The highest BCUT2D eigenvalue weighted by Crippen LogP contribution is 2.03. The van der Waals surface area contributed by atoms with Crippen molar-refractivity contribution >= 4 is 11.8 Å². The number of ether oxygens (including phenoxy) is 1. The highest BCUT2D eigenvalue weighted by molar-refractivity contribution is 5.96. The Balaban J connectivity index is 2.55. The van der Waals surface area contributed by atoms with E-state index in [4.69, 9.17) is 0 Å². The fraction of sp³-hybridized carbons (Fsp3) is 0.364. The van der Waals surface area contributed by atoms with E-state index in [-0.39, 0.29) is 24.5 Å². The number of ketones is 1. The summed E-state index contributed by atoms with van der Waals surface area (Å²) in [5.74, 6) is -1.17. The molecule has 1 aromatic heterocycles. The molecule has 0 fully saturated rings. The summed E-state index contributed by atoms with van der Waals surface area (Å²) in [5.41, 5.74) is 0.228. The van der Waals surface area contributed by atoms with Crippen LogP contribution < -0.4 is 0 Å². The van der Waals surface area contributed by atoms with Gasteiger partial charge in [0.15, 0.2) is 11.9 Å². The van der Waals surface area contributed by atoms with Crippen LogP contribution >= 0.6 is 0 Å². The molecule has 0 spiro atoms. The monoisotopic (exact) mass is 223 g/mol. The number of nitrogens with zero attached hydrogens (tertiary/aromatic N) is 1. The fourth-order valence-corrected chi connectivity index (χ4v) is 1.13. The van der Waals surface area contributed by atoms with Crippen LogP contribution in [0.1, 0.15) is 23.8 Å². The summed E-state index contributed by atoms with van der Waals surface area (Å²) in [5, 5.41) is 9.36. The van der Waals surface area contributed by atoms with E-state index in [0.717, 1.165) is 0 Å². The first-order chi connectivity index (χ1) is 7.65. The molecular formula is C11H13NO4. The van der Waals surface area contributed by atoms with Gasteiger partial charge in [0.05, 0.1) is 6.61 Å². The molecule has 5 nitrogen and oxygen atoms in total. The molecule has 0 aliphatic rings. The minimum absolute atomic E-state index is 0.174. The van der Waals surface area contributed by atoms with E-state index in [1.165, 1.54) is 12.3 Å². The van der Waals surface area contributed by atoms with Crippen molar-refractivity contribution in [3.05, 3.63) is 30.1 Å². The van der Waals surface area contributed by atoms with E-state index >= 15 is 0 Å². The molecule has 1 rings (SSSR count). The minimum atomic E-state index is -1.42. The first-order valence-electron chi connectivity index (χ1n) is 4.94. The molecule has 0 saturated heterocycles. The van der Waals surface area contributed by atoms with Crippen LogP contribution in [0.25, 0.3) is 0 Å². The van der Waals surface area contributed by atoms with Gasteiger partial charge in [0.2, 0.25) is 0 Å². The van der Waals surface area contributed by atoms with Crippen LogP contribution in [-0.2, 0) is 9.53 Å². The molecule has 0 amide bonds. The van der Waals surface area contributed by atoms with Gasteiger partial charge >= 0.3 is 5.97 Å². The molecule has 0 radical (unpaired) electrons. The molecule has 0 aliphatic carbocycles. The van der Waals surface area contributed by atoms with Crippen molar-refractivity contribution in [3.63, 3.8) is 0 Å². The number of aliphatic hydroxyl groups is 1. The number of aromatic nitrogens is 1. The molecule has 1 heterocycles. The third-order valence-corrected chi connectivity index (χ3v) is 1.89. The van der Waals surface area contributed by atoms with Crippen molar-refractivity contribution in [1.29, 1.82) is 0 Å². The van der Waals surface area contributed by atoms with Gasteiger partial charge in [-0.25, -0.2) is 4.79 Å². The molecule has 0 aromatic carbocycles. The third-order valence-electron chi connectivity index (χ3n) is 1.89. The molecule has 1 N–H and O–H groups in total. The molecule has 1 aromatic rings. The average molecular weight is 223 g/mol. The second-order valence-electron chi connectivity index (χ2n) is 3.11. The topological polar surface area (TPSA) is 76.5 Å². The van der Waals surface area contributed by atoms with Gasteiger partial charge in [-0.05, 0) is 19.1 Å². The normalized spacial score (nSPS) is 11.9. The molecule has 1 unspecified atom stereocenters. The number of esters is 1. The van der Waals surface area contributed by atoms with Crippen molar-refractivity contribution in [2.45, 2.75) is 19.4 Å². The lowest BCUT2D eigenvalue weighted by Gasteiger charge is -2.08. The Hall–Kier alpha value is -1.75. The molecule has 86 valence electrons. The molecule has 0 aliphatic heterocycles. The second kappa shape index (κ2) is 5.97. The fourth-order valence-electron chi connectivity index (χ4n) is 1.13. The number of rotatable bonds is 5. The molecular weight excluding hydrogens is 210 g/mol. The van der Waals surface area contributed by atoms with Gasteiger partial charge in [-0.15, -0.1) is 0 Å². The summed E-state index contributed by atoms with van der Waals surface area (Å²) in [6.07, 6.45) is -0.255. The van der Waals surface area contributed by atoms with Crippen LogP contribution in [0.3, 0.4) is 0 Å². The van der Waals surface area contributed by atoms with Gasteiger partial charge < -0.3 is 9.84 Å². The quantitative estimate of drug-likeness (QED) is 0.583. The first-order valence-corrected chi connectivity index (χ1v) is 4.94. The van der Waals surface area contributed by atoms with E-state index < -0.39 is 12.1 Å². The zero-order valence-electron chi connectivity index (χ0n) is 8.92. The maximum Gasteiger partial charge on any atom is 0.335 e. The Kier molecular flexibility index (Phi) is 4.60. The number of carbonyl (C=O) groups is 2. The van der Waals surface area contributed by atoms with E-state index in [1.807, 2.05) is 0 Å². The number of hydrogen-bond donors (Lipinski definition) is 1.